The second-order valence-electron chi connectivity index (χ2n) is 4.55. The summed E-state index contributed by atoms with van der Waals surface area (Å²) < 4.78 is 0. The first-order valence-electron chi connectivity index (χ1n) is 6.28. The van der Waals surface area contributed by atoms with Crippen molar-refractivity contribution in [1.29, 1.82) is 0 Å². The number of carbonyl (C=O) groups is 1. The zero-order valence-electron chi connectivity index (χ0n) is 10.2. The standard InChI is InChI=1S/C13H17BrN2O2/c14-8-9-16(10-4-1-2-5-10)13(18)11-6-3-7-12(17)15-11/h3,6-7,10H,1-2,4-5,8-9H2,(H,15,17). The van der Waals surface area contributed by atoms with Gasteiger partial charge in [0, 0.05) is 24.0 Å². The van der Waals surface area contributed by atoms with Gasteiger partial charge in [-0.1, -0.05) is 34.8 Å². The molecule has 1 aromatic heterocycles. The van der Waals surface area contributed by atoms with Crippen LogP contribution < -0.4 is 5.56 Å². The molecule has 0 bridgehead atoms. The van der Waals surface area contributed by atoms with Gasteiger partial charge in [0.1, 0.15) is 5.69 Å². The van der Waals surface area contributed by atoms with Crippen molar-refractivity contribution in [3.8, 4) is 0 Å². The molecule has 0 spiro atoms. The molecule has 1 aliphatic carbocycles. The monoisotopic (exact) mass is 312 g/mol. The number of carbonyl (C=O) groups excluding carboxylic acids is 1. The lowest BCUT2D eigenvalue weighted by Crippen LogP contribution is -2.41. The topological polar surface area (TPSA) is 53.2 Å². The molecule has 0 atom stereocenters. The molecular weight excluding hydrogens is 296 g/mol. The second kappa shape index (κ2) is 6.18. The highest BCUT2D eigenvalue weighted by Crippen LogP contribution is 2.24. The van der Waals surface area contributed by atoms with Gasteiger partial charge in [-0.05, 0) is 18.9 Å². The molecule has 4 nitrogen and oxygen atoms in total. The third-order valence-corrected chi connectivity index (χ3v) is 3.71. The average Bonchev–Trinajstić information content (AvgIpc) is 2.89. The maximum atomic E-state index is 12.4. The van der Waals surface area contributed by atoms with Gasteiger partial charge in [0.15, 0.2) is 0 Å². The molecule has 0 aliphatic heterocycles. The maximum Gasteiger partial charge on any atom is 0.270 e. The van der Waals surface area contributed by atoms with E-state index in [4.69, 9.17) is 0 Å². The van der Waals surface area contributed by atoms with E-state index in [9.17, 15) is 9.59 Å². The van der Waals surface area contributed by atoms with Crippen LogP contribution in [0.2, 0.25) is 0 Å². The summed E-state index contributed by atoms with van der Waals surface area (Å²) in [6, 6.07) is 5.02. The van der Waals surface area contributed by atoms with E-state index in [1.165, 1.54) is 18.9 Å². The van der Waals surface area contributed by atoms with Crippen molar-refractivity contribution < 1.29 is 4.79 Å². The van der Waals surface area contributed by atoms with Gasteiger partial charge in [0.25, 0.3) is 5.91 Å². The lowest BCUT2D eigenvalue weighted by atomic mass is 10.2. The minimum absolute atomic E-state index is 0.0703. The van der Waals surface area contributed by atoms with E-state index in [1.54, 1.807) is 12.1 Å². The first-order valence-corrected chi connectivity index (χ1v) is 7.41. The Labute approximate surface area is 115 Å². The van der Waals surface area contributed by atoms with E-state index in [0.717, 1.165) is 18.2 Å². The van der Waals surface area contributed by atoms with Crippen LogP contribution in [0, 0.1) is 0 Å². The maximum absolute atomic E-state index is 12.4. The number of nitrogens with one attached hydrogen (secondary N) is 1. The van der Waals surface area contributed by atoms with Gasteiger partial charge in [0.2, 0.25) is 5.56 Å². The number of halogens is 1. The Morgan fingerprint density at radius 2 is 2.11 bits per heavy atom. The van der Waals surface area contributed by atoms with E-state index >= 15 is 0 Å². The van der Waals surface area contributed by atoms with E-state index < -0.39 is 0 Å². The molecule has 1 N–H and O–H groups in total. The summed E-state index contributed by atoms with van der Waals surface area (Å²) >= 11 is 3.39. The molecule has 0 saturated heterocycles. The van der Waals surface area contributed by atoms with Crippen molar-refractivity contribution >= 4 is 21.8 Å². The van der Waals surface area contributed by atoms with Crippen molar-refractivity contribution in [3.63, 3.8) is 0 Å². The predicted octanol–water partition coefficient (Wildman–Crippen LogP) is 2.15. The number of alkyl halides is 1. The Morgan fingerprint density at radius 3 is 2.72 bits per heavy atom. The number of aromatic nitrogens is 1. The molecule has 1 aliphatic rings. The highest BCUT2D eigenvalue weighted by molar-refractivity contribution is 9.09. The molecule has 5 heteroatoms. The van der Waals surface area contributed by atoms with Crippen LogP contribution in [-0.2, 0) is 0 Å². The molecule has 2 rings (SSSR count). The number of H-pyrrole nitrogens is 1. The van der Waals surface area contributed by atoms with Crippen LogP contribution in [0.3, 0.4) is 0 Å². The fourth-order valence-electron chi connectivity index (χ4n) is 2.48. The number of hydrogen-bond donors (Lipinski definition) is 1. The number of rotatable bonds is 4. The highest BCUT2D eigenvalue weighted by atomic mass is 79.9. The third-order valence-electron chi connectivity index (χ3n) is 3.35. The quantitative estimate of drug-likeness (QED) is 0.866. The van der Waals surface area contributed by atoms with Crippen molar-refractivity contribution in [3.05, 3.63) is 34.2 Å². The summed E-state index contributed by atoms with van der Waals surface area (Å²) in [6.07, 6.45) is 4.50. The molecule has 98 valence electrons. The van der Waals surface area contributed by atoms with Crippen molar-refractivity contribution in [2.45, 2.75) is 31.7 Å². The molecule has 1 heterocycles. The summed E-state index contributed by atoms with van der Waals surface area (Å²) in [5.41, 5.74) is 0.154. The molecule has 0 aromatic carbocycles. The molecule has 18 heavy (non-hydrogen) atoms. The molecule has 0 unspecified atom stereocenters. The molecule has 1 amide bonds. The van der Waals surface area contributed by atoms with Crippen LogP contribution >= 0.6 is 15.9 Å². The molecule has 1 fully saturated rings. The van der Waals surface area contributed by atoms with E-state index in [2.05, 4.69) is 20.9 Å². The third kappa shape index (κ3) is 3.02. The number of hydrogen-bond acceptors (Lipinski definition) is 2. The number of nitrogens with zero attached hydrogens (tertiary/aromatic N) is 1. The lowest BCUT2D eigenvalue weighted by molar-refractivity contribution is 0.0690. The van der Waals surface area contributed by atoms with E-state index in [-0.39, 0.29) is 11.5 Å². The predicted molar refractivity (Wildman–Crippen MR) is 74.1 cm³/mol. The Morgan fingerprint density at radius 1 is 1.39 bits per heavy atom. The smallest absolute Gasteiger partial charge is 0.270 e. The van der Waals surface area contributed by atoms with Crippen LogP contribution in [-0.4, -0.2) is 33.7 Å². The average molecular weight is 313 g/mol. The van der Waals surface area contributed by atoms with Gasteiger partial charge in [-0.15, -0.1) is 0 Å². The summed E-state index contributed by atoms with van der Waals surface area (Å²) in [4.78, 5) is 28.2. The molecule has 1 aromatic rings. The second-order valence-corrected chi connectivity index (χ2v) is 5.35. The Balaban J connectivity index is 2.19. The lowest BCUT2D eigenvalue weighted by Gasteiger charge is -2.28. The van der Waals surface area contributed by atoms with E-state index in [1.807, 2.05) is 4.90 Å². The van der Waals surface area contributed by atoms with Crippen molar-refractivity contribution in [2.24, 2.45) is 0 Å². The fourth-order valence-corrected chi connectivity index (χ4v) is 2.87. The fraction of sp³-hybridized carbons (Fsp3) is 0.538. The van der Waals surface area contributed by atoms with Crippen molar-refractivity contribution in [2.75, 3.05) is 11.9 Å². The van der Waals surface area contributed by atoms with Gasteiger partial charge in [-0.2, -0.15) is 0 Å². The summed E-state index contributed by atoms with van der Waals surface area (Å²) in [7, 11) is 0. The largest absolute Gasteiger partial charge is 0.334 e. The van der Waals surface area contributed by atoms with Gasteiger partial charge >= 0.3 is 0 Å². The minimum atomic E-state index is -0.230. The summed E-state index contributed by atoms with van der Waals surface area (Å²) in [5.74, 6) is -0.0703. The number of pyridine rings is 1. The first kappa shape index (κ1) is 13.3. The zero-order valence-corrected chi connectivity index (χ0v) is 11.8. The number of amides is 1. The number of aromatic amines is 1. The first-order chi connectivity index (χ1) is 8.72. The normalized spacial score (nSPS) is 15.8. The van der Waals surface area contributed by atoms with Gasteiger partial charge < -0.3 is 9.88 Å². The molecular formula is C13H17BrN2O2. The SMILES string of the molecule is O=C(c1cccc(=O)[nH]1)N(CCBr)C1CCCC1. The Kier molecular flexibility index (Phi) is 4.58. The summed E-state index contributed by atoms with van der Waals surface area (Å²) in [6.45, 7) is 0.681. The van der Waals surface area contributed by atoms with Crippen LogP contribution in [0.5, 0.6) is 0 Å². The van der Waals surface area contributed by atoms with Crippen LogP contribution in [0.1, 0.15) is 36.2 Å². The zero-order chi connectivity index (χ0) is 13.0. The Bertz CT molecular complexity index is 466. The highest BCUT2D eigenvalue weighted by Gasteiger charge is 2.27. The minimum Gasteiger partial charge on any atom is -0.334 e. The van der Waals surface area contributed by atoms with Gasteiger partial charge in [-0.3, -0.25) is 9.59 Å². The van der Waals surface area contributed by atoms with Crippen LogP contribution in [0.15, 0.2) is 23.0 Å². The molecule has 0 radical (unpaired) electrons. The van der Waals surface area contributed by atoms with E-state index in [0.29, 0.717) is 18.3 Å². The van der Waals surface area contributed by atoms with Crippen LogP contribution in [0.25, 0.3) is 0 Å². The summed E-state index contributed by atoms with van der Waals surface area (Å²) in [5, 5.41) is 0.756. The van der Waals surface area contributed by atoms with Gasteiger partial charge in [0.05, 0.1) is 0 Å². The van der Waals surface area contributed by atoms with Gasteiger partial charge in [-0.25, -0.2) is 0 Å². The van der Waals surface area contributed by atoms with Crippen LogP contribution in [0.4, 0.5) is 0 Å². The van der Waals surface area contributed by atoms with Crippen molar-refractivity contribution in [1.82, 2.24) is 9.88 Å². The Hall–Kier alpha value is -1.10. The molecule has 1 saturated carbocycles.